The lowest BCUT2D eigenvalue weighted by molar-refractivity contribution is 0.480. The Balaban J connectivity index is 2.77. The molecule has 2 N–H and O–H groups in total. The molecule has 1 heterocycles. The highest BCUT2D eigenvalue weighted by molar-refractivity contribution is 5.83. The number of benzene rings is 1. The smallest absolute Gasteiger partial charge is 0.266 e. The van der Waals surface area contributed by atoms with E-state index in [1.165, 1.54) is 17.0 Å². The van der Waals surface area contributed by atoms with Crippen LogP contribution in [0, 0.1) is 0 Å². The van der Waals surface area contributed by atoms with Gasteiger partial charge in [0.1, 0.15) is 11.1 Å². The van der Waals surface area contributed by atoms with Crippen LogP contribution >= 0.6 is 0 Å². The van der Waals surface area contributed by atoms with Gasteiger partial charge in [-0.3, -0.25) is 9.36 Å². The van der Waals surface area contributed by atoms with Crippen molar-refractivity contribution in [3.8, 4) is 5.75 Å². The first-order valence-electron chi connectivity index (χ1n) is 4.56. The molecule has 0 unspecified atom stereocenters. The van der Waals surface area contributed by atoms with Gasteiger partial charge >= 0.3 is 0 Å². The molecule has 0 aliphatic rings. The second-order valence-electron chi connectivity index (χ2n) is 3.20. The Bertz CT molecular complexity index is 548. The third-order valence-electron chi connectivity index (χ3n) is 2.16. The first-order chi connectivity index (χ1) is 7.24. The number of fused-ring (bicyclic) bond motifs is 1. The molecule has 2 aromatic rings. The van der Waals surface area contributed by atoms with Gasteiger partial charge in [0.2, 0.25) is 0 Å². The number of nitrogens with one attached hydrogen (secondary N) is 1. The lowest BCUT2D eigenvalue weighted by Crippen LogP contribution is -2.26. The summed E-state index contributed by atoms with van der Waals surface area (Å²) in [5.41, 5.74) is 0.264. The molecule has 0 fully saturated rings. The predicted molar refractivity (Wildman–Crippen MR) is 56.7 cm³/mol. The highest BCUT2D eigenvalue weighted by Gasteiger charge is 2.06. The number of phenols is 1. The molecular formula is C10H11N3O2. The van der Waals surface area contributed by atoms with E-state index in [4.69, 9.17) is 0 Å². The van der Waals surface area contributed by atoms with Gasteiger partial charge in [-0.05, 0) is 19.2 Å². The summed E-state index contributed by atoms with van der Waals surface area (Å²) in [7, 11) is 1.74. The zero-order chi connectivity index (χ0) is 10.8. The maximum Gasteiger partial charge on any atom is 0.266 e. The van der Waals surface area contributed by atoms with Crippen molar-refractivity contribution in [1.82, 2.24) is 14.9 Å². The van der Waals surface area contributed by atoms with E-state index in [0.29, 0.717) is 12.2 Å². The quantitative estimate of drug-likeness (QED) is 0.739. The average molecular weight is 205 g/mol. The zero-order valence-electron chi connectivity index (χ0n) is 8.27. The van der Waals surface area contributed by atoms with E-state index < -0.39 is 0 Å². The van der Waals surface area contributed by atoms with Crippen molar-refractivity contribution in [1.29, 1.82) is 0 Å². The predicted octanol–water partition coefficient (Wildman–Crippen LogP) is 0.279. The fraction of sp³-hybridized carbons (Fsp3) is 0.200. The van der Waals surface area contributed by atoms with Gasteiger partial charge in [0, 0.05) is 0 Å². The van der Waals surface area contributed by atoms with Crippen LogP contribution in [-0.4, -0.2) is 21.7 Å². The summed E-state index contributed by atoms with van der Waals surface area (Å²) in [6, 6.07) is 4.84. The molecule has 0 atom stereocenters. The van der Waals surface area contributed by atoms with E-state index in [1.807, 2.05) is 0 Å². The maximum absolute atomic E-state index is 11.9. The molecule has 0 aliphatic heterocycles. The van der Waals surface area contributed by atoms with Crippen LogP contribution in [0.5, 0.6) is 5.75 Å². The van der Waals surface area contributed by atoms with Gasteiger partial charge in [0.15, 0.2) is 0 Å². The number of nitrogens with zero attached hydrogens (tertiary/aromatic N) is 2. The van der Waals surface area contributed by atoms with E-state index in [2.05, 4.69) is 10.3 Å². The highest BCUT2D eigenvalue weighted by Crippen LogP contribution is 2.17. The van der Waals surface area contributed by atoms with Crippen LogP contribution in [0.25, 0.3) is 10.9 Å². The second-order valence-corrected chi connectivity index (χ2v) is 3.20. The number of aromatic nitrogens is 2. The number of hydrogen-bond acceptors (Lipinski definition) is 4. The lowest BCUT2D eigenvalue weighted by atomic mass is 10.2. The van der Waals surface area contributed by atoms with Crippen molar-refractivity contribution in [3.63, 3.8) is 0 Å². The van der Waals surface area contributed by atoms with Crippen molar-refractivity contribution in [2.45, 2.75) is 6.67 Å². The number of hydrogen-bond donors (Lipinski definition) is 2. The van der Waals surface area contributed by atoms with Crippen LogP contribution < -0.4 is 10.9 Å². The SMILES string of the molecule is CNCn1cnc2cccc(O)c2c1=O. The Morgan fingerprint density at radius 2 is 2.33 bits per heavy atom. The van der Waals surface area contributed by atoms with Crippen LogP contribution in [0.2, 0.25) is 0 Å². The number of rotatable bonds is 2. The summed E-state index contributed by atoms with van der Waals surface area (Å²) in [4.78, 5) is 15.9. The van der Waals surface area contributed by atoms with Gasteiger partial charge in [-0.15, -0.1) is 0 Å². The standard InChI is InChI=1S/C10H11N3O2/c1-11-5-13-6-12-7-3-2-4-8(14)9(7)10(13)15/h2-4,6,11,14H,5H2,1H3. The molecule has 5 heteroatoms. The van der Waals surface area contributed by atoms with Crippen molar-refractivity contribution in [2.24, 2.45) is 0 Å². The van der Waals surface area contributed by atoms with E-state index in [1.54, 1.807) is 19.2 Å². The third-order valence-corrected chi connectivity index (χ3v) is 2.16. The van der Waals surface area contributed by atoms with Crippen molar-refractivity contribution in [3.05, 3.63) is 34.9 Å². The first kappa shape index (κ1) is 9.67. The number of aromatic hydroxyl groups is 1. The number of phenolic OH excluding ortho intramolecular Hbond substituents is 1. The molecule has 0 aliphatic carbocycles. The van der Waals surface area contributed by atoms with Crippen LogP contribution in [0.4, 0.5) is 0 Å². The normalized spacial score (nSPS) is 10.7. The van der Waals surface area contributed by atoms with E-state index in [9.17, 15) is 9.90 Å². The Morgan fingerprint density at radius 1 is 1.53 bits per heavy atom. The maximum atomic E-state index is 11.9. The van der Waals surface area contributed by atoms with Gasteiger partial charge < -0.3 is 10.4 Å². The Labute approximate surface area is 86.0 Å². The largest absolute Gasteiger partial charge is 0.507 e. The molecule has 0 saturated carbocycles. The van der Waals surface area contributed by atoms with Crippen molar-refractivity contribution < 1.29 is 5.11 Å². The van der Waals surface area contributed by atoms with Crippen molar-refractivity contribution in [2.75, 3.05) is 7.05 Å². The molecule has 0 saturated heterocycles. The minimum absolute atomic E-state index is 0.0320. The average Bonchev–Trinajstić information content (AvgIpc) is 2.22. The summed E-state index contributed by atoms with van der Waals surface area (Å²) in [6.45, 7) is 0.371. The summed E-state index contributed by atoms with van der Waals surface area (Å²) < 4.78 is 1.40. The van der Waals surface area contributed by atoms with Crippen LogP contribution in [-0.2, 0) is 6.67 Å². The first-order valence-corrected chi connectivity index (χ1v) is 4.56. The van der Waals surface area contributed by atoms with Gasteiger partial charge in [0.25, 0.3) is 5.56 Å². The fourth-order valence-electron chi connectivity index (χ4n) is 1.47. The van der Waals surface area contributed by atoms with Gasteiger partial charge in [-0.1, -0.05) is 6.07 Å². The van der Waals surface area contributed by atoms with Gasteiger partial charge in [-0.2, -0.15) is 0 Å². The van der Waals surface area contributed by atoms with Gasteiger partial charge in [0.05, 0.1) is 18.5 Å². The van der Waals surface area contributed by atoms with E-state index >= 15 is 0 Å². The Morgan fingerprint density at radius 3 is 3.07 bits per heavy atom. The van der Waals surface area contributed by atoms with Crippen LogP contribution in [0.1, 0.15) is 0 Å². The van der Waals surface area contributed by atoms with Crippen LogP contribution in [0.15, 0.2) is 29.3 Å². The molecule has 0 bridgehead atoms. The Hall–Kier alpha value is -1.88. The third kappa shape index (κ3) is 1.57. The zero-order valence-corrected chi connectivity index (χ0v) is 8.27. The summed E-state index contributed by atoms with van der Waals surface area (Å²) in [5, 5.41) is 12.7. The molecule has 1 aromatic heterocycles. The molecular weight excluding hydrogens is 194 g/mol. The molecule has 78 valence electrons. The fourth-order valence-corrected chi connectivity index (χ4v) is 1.47. The van der Waals surface area contributed by atoms with Gasteiger partial charge in [-0.25, -0.2) is 4.98 Å². The Kier molecular flexibility index (Phi) is 2.39. The van der Waals surface area contributed by atoms with Crippen molar-refractivity contribution >= 4 is 10.9 Å². The minimum Gasteiger partial charge on any atom is -0.507 e. The molecule has 0 spiro atoms. The monoisotopic (exact) mass is 205 g/mol. The lowest BCUT2D eigenvalue weighted by Gasteiger charge is -2.05. The second kappa shape index (κ2) is 3.70. The molecule has 2 rings (SSSR count). The molecule has 0 amide bonds. The van der Waals surface area contributed by atoms with E-state index in [-0.39, 0.29) is 16.7 Å². The molecule has 5 nitrogen and oxygen atoms in total. The molecule has 15 heavy (non-hydrogen) atoms. The van der Waals surface area contributed by atoms with Crippen LogP contribution in [0.3, 0.4) is 0 Å². The minimum atomic E-state index is -0.243. The molecule has 0 radical (unpaired) electrons. The van der Waals surface area contributed by atoms with E-state index in [0.717, 1.165) is 0 Å². The summed E-state index contributed by atoms with van der Waals surface area (Å²) in [5.74, 6) is -0.0320. The topological polar surface area (TPSA) is 67.2 Å². The highest BCUT2D eigenvalue weighted by atomic mass is 16.3. The summed E-state index contributed by atoms with van der Waals surface area (Å²) >= 11 is 0. The molecule has 1 aromatic carbocycles. The summed E-state index contributed by atoms with van der Waals surface area (Å²) in [6.07, 6.45) is 1.46.